The minimum absolute atomic E-state index is 0.0967. The highest BCUT2D eigenvalue weighted by Gasteiger charge is 2.41. The predicted octanol–water partition coefficient (Wildman–Crippen LogP) is 5.74. The van der Waals surface area contributed by atoms with Crippen LogP contribution in [0.1, 0.15) is 35.6 Å². The molecule has 29 heavy (non-hydrogen) atoms. The Morgan fingerprint density at radius 1 is 1.34 bits per heavy atom. The average Bonchev–Trinajstić information content (AvgIpc) is 3.07. The molecular formula is C22H20ClN3OS2. The Hall–Kier alpha value is -2.20. The first kappa shape index (κ1) is 20.1. The molecule has 148 valence electrons. The Morgan fingerprint density at radius 3 is 2.83 bits per heavy atom. The van der Waals surface area contributed by atoms with E-state index >= 15 is 0 Å². The van der Waals surface area contributed by atoms with Gasteiger partial charge in [0.05, 0.1) is 21.8 Å². The minimum atomic E-state index is -0.411. The van der Waals surface area contributed by atoms with Gasteiger partial charge in [0.1, 0.15) is 5.82 Å². The van der Waals surface area contributed by atoms with Gasteiger partial charge in [0.15, 0.2) is 5.78 Å². The summed E-state index contributed by atoms with van der Waals surface area (Å²) in [4.78, 5) is 16.2. The van der Waals surface area contributed by atoms with Gasteiger partial charge >= 0.3 is 0 Å². The van der Waals surface area contributed by atoms with Crippen LogP contribution in [0.2, 0.25) is 5.02 Å². The van der Waals surface area contributed by atoms with E-state index in [1.54, 1.807) is 29.2 Å². The van der Waals surface area contributed by atoms with Gasteiger partial charge in [0, 0.05) is 33.3 Å². The lowest BCUT2D eigenvalue weighted by molar-refractivity contribution is -0.116. The fourth-order valence-electron chi connectivity index (χ4n) is 4.18. The van der Waals surface area contributed by atoms with E-state index in [0.29, 0.717) is 28.4 Å². The molecule has 1 aliphatic carbocycles. The van der Waals surface area contributed by atoms with Crippen LogP contribution in [0.5, 0.6) is 0 Å². The van der Waals surface area contributed by atoms with E-state index in [1.165, 1.54) is 0 Å². The first-order chi connectivity index (χ1) is 14.0. The number of hydrogen-bond donors (Lipinski definition) is 1. The van der Waals surface area contributed by atoms with E-state index < -0.39 is 5.92 Å². The SMILES string of the molecule is CSc1sc(C)cc1[C@H]1C(C#N)=C(N)N(c2cccc(Cl)c2)C2=C1C(=O)CCC2. The molecule has 1 atom stereocenters. The Labute approximate surface area is 183 Å². The molecule has 2 aromatic rings. The predicted molar refractivity (Wildman–Crippen MR) is 120 cm³/mol. The van der Waals surface area contributed by atoms with E-state index in [0.717, 1.165) is 38.9 Å². The van der Waals surface area contributed by atoms with Gasteiger partial charge in [-0.2, -0.15) is 5.26 Å². The second-order valence-corrected chi connectivity index (χ2v) is 9.87. The average molecular weight is 442 g/mol. The van der Waals surface area contributed by atoms with Gasteiger partial charge < -0.3 is 5.73 Å². The van der Waals surface area contributed by atoms with E-state index in [-0.39, 0.29) is 5.78 Å². The number of carbonyl (C=O) groups is 1. The van der Waals surface area contributed by atoms with Crippen LogP contribution in [0.4, 0.5) is 5.69 Å². The van der Waals surface area contributed by atoms with Crippen LogP contribution in [0.15, 0.2) is 57.2 Å². The van der Waals surface area contributed by atoms with E-state index in [2.05, 4.69) is 12.1 Å². The van der Waals surface area contributed by atoms with Crippen LogP contribution in [0.25, 0.3) is 0 Å². The third kappa shape index (κ3) is 3.38. The molecule has 2 N–H and O–H groups in total. The number of benzene rings is 1. The normalized spacial score (nSPS) is 19.4. The second kappa shape index (κ2) is 7.91. The van der Waals surface area contributed by atoms with E-state index in [9.17, 15) is 10.1 Å². The molecule has 0 spiro atoms. The zero-order chi connectivity index (χ0) is 20.7. The molecule has 0 radical (unpaired) electrons. The minimum Gasteiger partial charge on any atom is -0.384 e. The molecule has 4 rings (SSSR count). The van der Waals surface area contributed by atoms with Crippen LogP contribution in [0, 0.1) is 18.3 Å². The molecule has 0 fully saturated rings. The second-order valence-electron chi connectivity index (χ2n) is 7.10. The van der Waals surface area contributed by atoms with Gasteiger partial charge in [0.2, 0.25) is 0 Å². The molecule has 0 saturated heterocycles. The highest BCUT2D eigenvalue weighted by molar-refractivity contribution is 8.00. The number of rotatable bonds is 3. The number of thioether (sulfide) groups is 1. The van der Waals surface area contributed by atoms with Crippen molar-refractivity contribution < 1.29 is 4.79 Å². The summed E-state index contributed by atoms with van der Waals surface area (Å²) >= 11 is 9.55. The van der Waals surface area contributed by atoms with Crippen LogP contribution < -0.4 is 10.6 Å². The number of hydrogen-bond acceptors (Lipinski definition) is 6. The van der Waals surface area contributed by atoms with Crippen molar-refractivity contribution in [2.75, 3.05) is 11.2 Å². The quantitative estimate of drug-likeness (QED) is 0.615. The Kier molecular flexibility index (Phi) is 5.48. The maximum Gasteiger partial charge on any atom is 0.161 e. The number of nitrogens with zero attached hydrogens (tertiary/aromatic N) is 2. The zero-order valence-electron chi connectivity index (χ0n) is 16.2. The van der Waals surface area contributed by atoms with Crippen molar-refractivity contribution in [1.82, 2.24) is 0 Å². The molecule has 1 aliphatic heterocycles. The number of carbonyl (C=O) groups excluding carboxylic acids is 1. The largest absolute Gasteiger partial charge is 0.384 e. The smallest absolute Gasteiger partial charge is 0.161 e. The van der Waals surface area contributed by atoms with Crippen LogP contribution in [0.3, 0.4) is 0 Å². The standard InChI is InChI=1S/C22H20ClN3OS2/c1-12-9-15(22(28-2)29-12)19-16(11-24)21(25)26(14-6-3-5-13(23)10-14)17-7-4-8-18(27)20(17)19/h3,5-6,9-10,19H,4,7-8,25H2,1-2H3/t19-/m0/s1. The van der Waals surface area contributed by atoms with Crippen molar-refractivity contribution in [3.63, 3.8) is 0 Å². The van der Waals surface area contributed by atoms with Crippen LogP contribution in [-0.2, 0) is 4.79 Å². The lowest BCUT2D eigenvalue weighted by Crippen LogP contribution is -2.38. The van der Waals surface area contributed by atoms with Gasteiger partial charge in [-0.1, -0.05) is 17.7 Å². The highest BCUT2D eigenvalue weighted by Crippen LogP contribution is 2.49. The Balaban J connectivity index is 1.99. The van der Waals surface area contributed by atoms with Crippen molar-refractivity contribution >= 4 is 46.2 Å². The van der Waals surface area contributed by atoms with Gasteiger partial charge in [-0.15, -0.1) is 23.1 Å². The third-order valence-corrected chi connectivity index (χ3v) is 7.78. The van der Waals surface area contributed by atoms with E-state index in [1.807, 2.05) is 36.3 Å². The van der Waals surface area contributed by atoms with Gasteiger partial charge in [0.25, 0.3) is 0 Å². The lowest BCUT2D eigenvalue weighted by Gasteiger charge is -2.39. The summed E-state index contributed by atoms with van der Waals surface area (Å²) in [7, 11) is 0. The summed E-state index contributed by atoms with van der Waals surface area (Å²) in [6.45, 7) is 2.05. The van der Waals surface area contributed by atoms with Crippen molar-refractivity contribution in [2.24, 2.45) is 5.73 Å². The molecular weight excluding hydrogens is 422 g/mol. The topological polar surface area (TPSA) is 70.1 Å². The number of nitriles is 1. The molecule has 1 aromatic heterocycles. The van der Waals surface area contributed by atoms with Crippen molar-refractivity contribution in [1.29, 1.82) is 5.26 Å². The van der Waals surface area contributed by atoms with Crippen LogP contribution in [-0.4, -0.2) is 12.0 Å². The summed E-state index contributed by atoms with van der Waals surface area (Å²) in [5, 5.41) is 10.7. The third-order valence-electron chi connectivity index (χ3n) is 5.32. The van der Waals surface area contributed by atoms with Crippen molar-refractivity contribution in [3.8, 4) is 6.07 Å². The van der Waals surface area contributed by atoms with E-state index in [4.69, 9.17) is 17.3 Å². The molecule has 7 heteroatoms. The number of halogens is 1. The first-order valence-electron chi connectivity index (χ1n) is 9.32. The van der Waals surface area contributed by atoms with Gasteiger partial charge in [-0.25, -0.2) is 0 Å². The summed E-state index contributed by atoms with van der Waals surface area (Å²) in [5.74, 6) is 0.0641. The number of anilines is 1. The molecule has 1 aromatic carbocycles. The van der Waals surface area contributed by atoms with Crippen LogP contribution >= 0.6 is 34.7 Å². The molecule has 4 nitrogen and oxygen atoms in total. The monoisotopic (exact) mass is 441 g/mol. The number of allylic oxidation sites excluding steroid dienone is 3. The molecule has 2 heterocycles. The number of aryl methyl sites for hydroxylation is 1. The first-order valence-corrected chi connectivity index (χ1v) is 11.7. The Morgan fingerprint density at radius 2 is 2.14 bits per heavy atom. The number of ketones is 1. The summed E-state index contributed by atoms with van der Waals surface area (Å²) < 4.78 is 1.12. The zero-order valence-corrected chi connectivity index (χ0v) is 18.5. The molecule has 2 aliphatic rings. The number of thiophene rings is 1. The van der Waals surface area contributed by atoms with Gasteiger partial charge in [-0.05, 0) is 55.9 Å². The lowest BCUT2D eigenvalue weighted by atomic mass is 9.76. The fourth-order valence-corrected chi connectivity index (χ4v) is 6.28. The van der Waals surface area contributed by atoms with Gasteiger partial charge in [-0.3, -0.25) is 9.69 Å². The molecule has 0 saturated carbocycles. The van der Waals surface area contributed by atoms with Crippen molar-refractivity contribution in [3.05, 3.63) is 68.5 Å². The molecule has 0 bridgehead atoms. The number of Topliss-reactive ketones (excluding diaryl/α,β-unsaturated/α-hetero) is 1. The number of nitrogens with two attached hydrogens (primary N) is 1. The molecule has 0 amide bonds. The fraction of sp³-hybridized carbons (Fsp3) is 0.273. The summed E-state index contributed by atoms with van der Waals surface area (Å²) in [6, 6.07) is 11.8. The molecule has 0 unspecified atom stereocenters. The highest BCUT2D eigenvalue weighted by atomic mass is 35.5. The summed E-state index contributed by atoms with van der Waals surface area (Å²) in [6.07, 6.45) is 4.03. The maximum atomic E-state index is 13.1. The summed E-state index contributed by atoms with van der Waals surface area (Å²) in [5.41, 5.74) is 10.4. The maximum absolute atomic E-state index is 13.1. The van der Waals surface area contributed by atoms with Crippen molar-refractivity contribution in [2.45, 2.75) is 36.3 Å². The Bertz CT molecular complexity index is 1110.